The van der Waals surface area contributed by atoms with Crippen LogP contribution in [-0.2, 0) is 62.0 Å². The number of anilines is 2. The van der Waals surface area contributed by atoms with Gasteiger partial charge in [-0.1, -0.05) is 24.3 Å². The highest BCUT2D eigenvalue weighted by Gasteiger charge is 2.63. The number of carboxylic acid groups (broad SMARTS) is 4. The minimum absolute atomic E-state index is 0. The summed E-state index contributed by atoms with van der Waals surface area (Å²) in [5.74, 6) is -8.48. The van der Waals surface area contributed by atoms with Crippen LogP contribution < -0.4 is 26.3 Å². The third-order valence-corrected chi connectivity index (χ3v) is 14.6. The summed E-state index contributed by atoms with van der Waals surface area (Å²) in [7, 11) is -8.98. The number of hydrogen-bond donors (Lipinski definition) is 7. The number of halogens is 1. The molecule has 0 radical (unpaired) electrons. The number of esters is 2. The summed E-state index contributed by atoms with van der Waals surface area (Å²) in [5, 5.41) is 41.6. The molecular weight excluding hydrogens is 1000 g/mol. The predicted octanol–water partition coefficient (Wildman–Crippen LogP) is 1.96. The van der Waals surface area contributed by atoms with E-state index in [-0.39, 0.29) is 76.8 Å². The Labute approximate surface area is 414 Å². The van der Waals surface area contributed by atoms with E-state index >= 15 is 0 Å². The third kappa shape index (κ3) is 16.1. The first-order valence-corrected chi connectivity index (χ1v) is 23.6. The number of sulfonamides is 1. The van der Waals surface area contributed by atoms with Gasteiger partial charge in [0.1, 0.15) is 17.5 Å². The second-order valence-electron chi connectivity index (χ2n) is 15.2. The minimum atomic E-state index is -5.58. The van der Waals surface area contributed by atoms with E-state index in [0.717, 1.165) is 14.1 Å². The summed E-state index contributed by atoms with van der Waals surface area (Å²) in [4.78, 5) is 69.8. The molecular formula is C44H53ClN6O18S2. The smallest absolute Gasteiger partial charge is 0.343 e. The highest BCUT2D eigenvalue weighted by molar-refractivity contribution is 7.93. The van der Waals surface area contributed by atoms with Gasteiger partial charge in [0.2, 0.25) is 10.0 Å². The number of carboxylic acids is 4. The predicted molar refractivity (Wildman–Crippen MR) is 255 cm³/mol. The van der Waals surface area contributed by atoms with E-state index in [1.54, 1.807) is 0 Å². The van der Waals surface area contributed by atoms with E-state index in [9.17, 15) is 60.9 Å². The monoisotopic (exact) mass is 1050 g/mol. The van der Waals surface area contributed by atoms with Gasteiger partial charge in [0, 0.05) is 51.6 Å². The number of carbonyl (C=O) groups excluding carboxylic acids is 2. The SMILES string of the molecule is CN(Cc1ccc(OC(=O)c2ccc(N)cc2)cc1)S(=O)(=O)N(CCOCCOCCNC(CC(=O)O)C(=O)O)C(CC(=O)O)(C(=O)O)S(=O)(=O)N(C)Cc1ccc(OC(=O)c2ccc(N)cc2)cc1.Cl. The number of nitrogens with two attached hydrogens (primary N) is 2. The van der Waals surface area contributed by atoms with Gasteiger partial charge in [0.05, 0.1) is 50.4 Å². The lowest BCUT2D eigenvalue weighted by atomic mass is 10.2. The van der Waals surface area contributed by atoms with Gasteiger partial charge >= 0.3 is 35.8 Å². The van der Waals surface area contributed by atoms with Gasteiger partial charge in [0.15, 0.2) is 0 Å². The number of benzene rings is 4. The van der Waals surface area contributed by atoms with E-state index in [4.69, 9.17) is 35.5 Å². The lowest BCUT2D eigenvalue weighted by Gasteiger charge is -2.41. The normalized spacial score (nSPS) is 12.9. The zero-order valence-electron chi connectivity index (χ0n) is 38.1. The van der Waals surface area contributed by atoms with Crippen molar-refractivity contribution in [2.45, 2.75) is 36.8 Å². The summed E-state index contributed by atoms with van der Waals surface area (Å²) >= 11 is 0. The summed E-state index contributed by atoms with van der Waals surface area (Å²) in [6.07, 6.45) is -2.50. The van der Waals surface area contributed by atoms with Crippen molar-refractivity contribution in [2.75, 3.05) is 65.1 Å². The summed E-state index contributed by atoms with van der Waals surface area (Å²) in [6, 6.07) is 21.1. The molecule has 27 heteroatoms. The van der Waals surface area contributed by atoms with Crippen LogP contribution >= 0.6 is 12.4 Å². The number of nitrogens with one attached hydrogen (secondary N) is 1. The second kappa shape index (κ2) is 26.5. The Kier molecular flexibility index (Phi) is 21.8. The highest BCUT2D eigenvalue weighted by atomic mass is 35.5. The molecule has 0 aliphatic carbocycles. The Hall–Kier alpha value is -6.75. The van der Waals surface area contributed by atoms with E-state index in [1.807, 2.05) is 0 Å². The lowest BCUT2D eigenvalue weighted by Crippen LogP contribution is -2.67. The molecule has 0 aliphatic rings. The van der Waals surface area contributed by atoms with E-state index in [0.29, 0.717) is 20.0 Å². The zero-order chi connectivity index (χ0) is 51.8. The van der Waals surface area contributed by atoms with Gasteiger partial charge in [-0.2, -0.15) is 21.3 Å². The van der Waals surface area contributed by atoms with Crippen molar-refractivity contribution in [1.82, 2.24) is 18.2 Å². The summed E-state index contributed by atoms with van der Waals surface area (Å²) in [5.41, 5.74) is 13.0. The van der Waals surface area contributed by atoms with Crippen LogP contribution in [0.1, 0.15) is 44.7 Å². The number of hydrogen-bond acceptors (Lipinski definition) is 17. The van der Waals surface area contributed by atoms with Gasteiger partial charge in [-0.05, 0) is 83.9 Å². The topological polar surface area (TPSA) is 362 Å². The van der Waals surface area contributed by atoms with Gasteiger partial charge in [-0.3, -0.25) is 14.4 Å². The molecule has 0 aromatic heterocycles. The van der Waals surface area contributed by atoms with Crippen molar-refractivity contribution < 1.29 is 85.0 Å². The van der Waals surface area contributed by atoms with E-state index < -0.39 is 106 Å². The summed E-state index contributed by atoms with van der Waals surface area (Å²) in [6.45, 7) is -3.69. The molecule has 9 N–H and O–H groups in total. The molecule has 0 amide bonds. The Bertz CT molecular complexity index is 2700. The van der Waals surface area contributed by atoms with Crippen LogP contribution in [0, 0.1) is 0 Å². The molecule has 4 aromatic carbocycles. The summed E-state index contributed by atoms with van der Waals surface area (Å²) < 4.78 is 81.4. The van der Waals surface area contributed by atoms with Crippen molar-refractivity contribution in [1.29, 1.82) is 0 Å². The highest BCUT2D eigenvalue weighted by Crippen LogP contribution is 2.35. The van der Waals surface area contributed by atoms with Crippen LogP contribution in [0.3, 0.4) is 0 Å². The molecule has 71 heavy (non-hydrogen) atoms. The molecule has 0 spiro atoms. The average molecular weight is 1050 g/mol. The second-order valence-corrected chi connectivity index (χ2v) is 19.4. The van der Waals surface area contributed by atoms with Crippen LogP contribution in [0.25, 0.3) is 0 Å². The van der Waals surface area contributed by atoms with E-state index in [1.165, 1.54) is 97.1 Å². The molecule has 0 aliphatic heterocycles. The number of carbonyl (C=O) groups is 6. The molecule has 386 valence electrons. The lowest BCUT2D eigenvalue weighted by molar-refractivity contribution is -0.150. The molecule has 0 saturated heterocycles. The minimum Gasteiger partial charge on any atom is -0.481 e. The first kappa shape index (κ1) is 58.6. The fourth-order valence-corrected chi connectivity index (χ4v) is 10.2. The molecule has 0 fully saturated rings. The maximum atomic E-state index is 14.7. The molecule has 2 atom stereocenters. The van der Waals surface area contributed by atoms with Crippen LogP contribution in [-0.4, -0.2) is 151 Å². The third-order valence-electron chi connectivity index (χ3n) is 10.1. The Balaban J connectivity index is 0.0000133. The van der Waals surface area contributed by atoms with Crippen molar-refractivity contribution in [2.24, 2.45) is 0 Å². The van der Waals surface area contributed by atoms with Crippen molar-refractivity contribution in [3.8, 4) is 11.5 Å². The van der Waals surface area contributed by atoms with Gasteiger partial charge in [-0.25, -0.2) is 22.8 Å². The Morgan fingerprint density at radius 2 is 1.06 bits per heavy atom. The number of aliphatic carboxylic acids is 4. The Morgan fingerprint density at radius 3 is 1.46 bits per heavy atom. The van der Waals surface area contributed by atoms with Crippen LogP contribution in [0.5, 0.6) is 11.5 Å². The molecule has 4 aromatic rings. The number of nitrogens with zero attached hydrogens (tertiary/aromatic N) is 3. The largest absolute Gasteiger partial charge is 0.481 e. The first-order valence-electron chi connectivity index (χ1n) is 20.8. The van der Waals surface area contributed by atoms with Crippen LogP contribution in [0.2, 0.25) is 0 Å². The fraction of sp³-hybridized carbons (Fsp3) is 0.318. The zero-order valence-corrected chi connectivity index (χ0v) is 40.6. The molecule has 2 unspecified atom stereocenters. The van der Waals surface area contributed by atoms with Crippen LogP contribution in [0.4, 0.5) is 11.4 Å². The fourth-order valence-electron chi connectivity index (χ4n) is 6.49. The number of rotatable bonds is 29. The number of ether oxygens (including phenoxy) is 4. The standard InChI is InChI=1S/C44H52N6O18S2.ClH/c1-48(27-29-3-15-35(16-4-29)67-41(57)31-7-11-33(45)12-8-31)69(61,62)44(43(59)60,26-39(53)54)50(20-22-66-24-23-65-21-19-47-37(40(55)56)25-38(51)52)70(63,64)49(2)28-30-5-17-36(18-6-30)68-42(58)32-9-13-34(46)14-10-32;/h3-18,37,47H,19-28,45-46H2,1-2H3,(H,51,52)(H,53,54)(H,55,56)(H,59,60);1H. The number of nitrogen functional groups attached to an aromatic ring is 2. The van der Waals surface area contributed by atoms with E-state index in [2.05, 4.69) is 5.32 Å². The molecule has 4 rings (SSSR count). The molecule has 0 bridgehead atoms. The van der Waals surface area contributed by atoms with Crippen LogP contribution in [0.15, 0.2) is 97.1 Å². The van der Waals surface area contributed by atoms with Gasteiger partial charge < -0.3 is 56.2 Å². The van der Waals surface area contributed by atoms with Gasteiger partial charge in [-0.15, -0.1) is 12.4 Å². The van der Waals surface area contributed by atoms with Gasteiger partial charge in [0.25, 0.3) is 15.1 Å². The molecule has 0 saturated carbocycles. The first-order chi connectivity index (χ1) is 33.0. The van der Waals surface area contributed by atoms with Crippen molar-refractivity contribution >= 4 is 79.8 Å². The molecule has 0 heterocycles. The average Bonchev–Trinajstić information content (AvgIpc) is 3.29. The van der Waals surface area contributed by atoms with Crippen molar-refractivity contribution in [3.63, 3.8) is 0 Å². The molecule has 24 nitrogen and oxygen atoms in total. The Morgan fingerprint density at radius 1 is 0.620 bits per heavy atom. The maximum absolute atomic E-state index is 14.7. The maximum Gasteiger partial charge on any atom is 0.343 e. The quantitative estimate of drug-likeness (QED) is 0.0177. The van der Waals surface area contributed by atoms with Crippen molar-refractivity contribution in [3.05, 3.63) is 119 Å².